The van der Waals surface area contributed by atoms with Crippen LogP contribution in [0.1, 0.15) is 6.42 Å². The van der Waals surface area contributed by atoms with Gasteiger partial charge in [0.2, 0.25) is 10.0 Å². The van der Waals surface area contributed by atoms with E-state index in [1.165, 1.54) is 0 Å². The van der Waals surface area contributed by atoms with Crippen molar-refractivity contribution in [3.8, 4) is 0 Å². The van der Waals surface area contributed by atoms with Gasteiger partial charge >= 0.3 is 0 Å². The number of aromatic nitrogens is 1. The molecular weight excluding hydrogens is 286 g/mol. The molecule has 1 fully saturated rings. The zero-order chi connectivity index (χ0) is 15.0. The molecule has 2 heterocycles. The molecule has 1 unspecified atom stereocenters. The highest BCUT2D eigenvalue weighted by atomic mass is 32.2. The molecule has 112 valence electrons. The van der Waals surface area contributed by atoms with E-state index in [0.29, 0.717) is 23.5 Å². The van der Waals surface area contributed by atoms with Gasteiger partial charge in [-0.1, -0.05) is 18.2 Å². The van der Waals surface area contributed by atoms with Crippen molar-refractivity contribution in [1.29, 1.82) is 0 Å². The monoisotopic (exact) mass is 305 g/mol. The van der Waals surface area contributed by atoms with Crippen molar-refractivity contribution in [2.45, 2.75) is 17.4 Å². The van der Waals surface area contributed by atoms with Crippen molar-refractivity contribution in [1.82, 2.24) is 14.2 Å². The summed E-state index contributed by atoms with van der Waals surface area (Å²) in [6.45, 7) is 1.10. The van der Waals surface area contributed by atoms with Gasteiger partial charge < -0.3 is 4.90 Å². The molecule has 0 amide bonds. The number of hydrogen-bond acceptors (Lipinski definition) is 4. The van der Waals surface area contributed by atoms with Crippen LogP contribution in [0.15, 0.2) is 41.4 Å². The summed E-state index contributed by atoms with van der Waals surface area (Å²) in [6.07, 6.45) is 2.50. The van der Waals surface area contributed by atoms with Gasteiger partial charge in [-0.15, -0.1) is 0 Å². The fraction of sp³-hybridized carbons (Fsp3) is 0.400. The van der Waals surface area contributed by atoms with Gasteiger partial charge in [-0.05, 0) is 32.6 Å². The predicted octanol–water partition coefficient (Wildman–Crippen LogP) is 1.56. The van der Waals surface area contributed by atoms with E-state index in [1.807, 2.05) is 32.3 Å². The molecule has 1 aromatic heterocycles. The van der Waals surface area contributed by atoms with Gasteiger partial charge in [-0.25, -0.2) is 8.42 Å². The summed E-state index contributed by atoms with van der Waals surface area (Å²) < 4.78 is 27.3. The zero-order valence-electron chi connectivity index (χ0n) is 12.2. The Morgan fingerprint density at radius 3 is 2.71 bits per heavy atom. The van der Waals surface area contributed by atoms with Gasteiger partial charge in [0.25, 0.3) is 0 Å². The quantitative estimate of drug-likeness (QED) is 0.863. The number of likely N-dealkylation sites (N-methyl/N-ethyl adjacent to an activating group) is 1. The lowest BCUT2D eigenvalue weighted by Gasteiger charge is -2.20. The maximum atomic E-state index is 12.9. The first-order valence-electron chi connectivity index (χ1n) is 7.00. The van der Waals surface area contributed by atoms with Gasteiger partial charge in [0.05, 0.1) is 5.52 Å². The van der Waals surface area contributed by atoms with Crippen molar-refractivity contribution in [2.75, 3.05) is 27.2 Å². The Kier molecular flexibility index (Phi) is 3.69. The largest absolute Gasteiger partial charge is 0.305 e. The first kappa shape index (κ1) is 14.4. The van der Waals surface area contributed by atoms with Crippen molar-refractivity contribution in [3.63, 3.8) is 0 Å². The Bertz CT molecular complexity index is 753. The molecular formula is C15H19N3O2S. The van der Waals surface area contributed by atoms with Gasteiger partial charge in [0.15, 0.2) is 0 Å². The number of rotatable bonds is 3. The third-order valence-electron chi connectivity index (χ3n) is 4.07. The van der Waals surface area contributed by atoms with Crippen LogP contribution < -0.4 is 0 Å². The summed E-state index contributed by atoms with van der Waals surface area (Å²) in [5, 5.41) is 0.849. The average molecular weight is 305 g/mol. The third kappa shape index (κ3) is 2.54. The summed E-state index contributed by atoms with van der Waals surface area (Å²) in [7, 11) is 0.485. The number of benzene rings is 1. The highest BCUT2D eigenvalue weighted by Gasteiger charge is 2.34. The summed E-state index contributed by atoms with van der Waals surface area (Å²) >= 11 is 0. The molecule has 0 N–H and O–H groups in total. The number of hydrogen-bond donors (Lipinski definition) is 0. The number of para-hydroxylation sites is 1. The topological polar surface area (TPSA) is 53.5 Å². The van der Waals surface area contributed by atoms with Crippen LogP contribution in [0.3, 0.4) is 0 Å². The van der Waals surface area contributed by atoms with Crippen LogP contribution in [0.4, 0.5) is 0 Å². The van der Waals surface area contributed by atoms with Gasteiger partial charge in [-0.2, -0.15) is 4.31 Å². The van der Waals surface area contributed by atoms with Crippen LogP contribution >= 0.6 is 0 Å². The van der Waals surface area contributed by atoms with Crippen LogP contribution in [-0.4, -0.2) is 55.8 Å². The smallest absolute Gasteiger partial charge is 0.245 e. The minimum atomic E-state index is -3.49. The minimum absolute atomic E-state index is 0.280. The van der Waals surface area contributed by atoms with E-state index in [2.05, 4.69) is 9.88 Å². The Labute approximate surface area is 125 Å². The lowest BCUT2D eigenvalue weighted by Crippen LogP contribution is -2.34. The number of nitrogens with zero attached hydrogens (tertiary/aromatic N) is 3. The number of fused-ring (bicyclic) bond motifs is 1. The second kappa shape index (κ2) is 5.36. The van der Waals surface area contributed by atoms with E-state index in [-0.39, 0.29) is 6.04 Å². The zero-order valence-corrected chi connectivity index (χ0v) is 13.0. The second-order valence-electron chi connectivity index (χ2n) is 5.60. The standard InChI is InChI=1S/C15H19N3O2S/c1-17(2)13-8-10-18(11-13)21(19,20)14-7-3-5-12-6-4-9-16-15(12)14/h3-7,9,13H,8,10-11H2,1-2H3. The van der Waals surface area contributed by atoms with Crippen molar-refractivity contribution < 1.29 is 8.42 Å². The van der Waals surface area contributed by atoms with Crippen LogP contribution in [0.2, 0.25) is 0 Å². The van der Waals surface area contributed by atoms with Gasteiger partial charge in [0.1, 0.15) is 4.90 Å². The summed E-state index contributed by atoms with van der Waals surface area (Å²) in [4.78, 5) is 6.64. The molecule has 2 aromatic rings. The molecule has 6 heteroatoms. The number of sulfonamides is 1. The Morgan fingerprint density at radius 1 is 1.24 bits per heavy atom. The molecule has 0 spiro atoms. The van der Waals surface area contributed by atoms with Crippen molar-refractivity contribution in [2.24, 2.45) is 0 Å². The van der Waals surface area contributed by atoms with E-state index in [4.69, 9.17) is 0 Å². The normalized spacial score (nSPS) is 20.4. The van der Waals surface area contributed by atoms with E-state index >= 15 is 0 Å². The Morgan fingerprint density at radius 2 is 2.00 bits per heavy atom. The van der Waals surface area contributed by atoms with E-state index < -0.39 is 10.0 Å². The molecule has 1 saturated heterocycles. The molecule has 0 bridgehead atoms. The molecule has 1 aliphatic heterocycles. The van der Waals surface area contributed by atoms with E-state index in [0.717, 1.165) is 11.8 Å². The predicted molar refractivity (Wildman–Crippen MR) is 82.6 cm³/mol. The minimum Gasteiger partial charge on any atom is -0.305 e. The average Bonchev–Trinajstić information content (AvgIpc) is 2.97. The SMILES string of the molecule is CN(C)C1CCN(S(=O)(=O)c2cccc3cccnc23)C1. The number of pyridine rings is 1. The van der Waals surface area contributed by atoms with E-state index in [9.17, 15) is 8.42 Å². The maximum Gasteiger partial charge on any atom is 0.245 e. The summed E-state index contributed by atoms with van der Waals surface area (Å²) in [5.74, 6) is 0. The Hall–Kier alpha value is -1.50. The van der Waals surface area contributed by atoms with Crippen molar-refractivity contribution >= 4 is 20.9 Å². The molecule has 0 saturated carbocycles. The molecule has 5 nitrogen and oxygen atoms in total. The fourth-order valence-electron chi connectivity index (χ4n) is 2.77. The lowest BCUT2D eigenvalue weighted by molar-refractivity contribution is 0.302. The molecule has 0 aliphatic carbocycles. The van der Waals surface area contributed by atoms with Gasteiger partial charge in [0, 0.05) is 30.7 Å². The first-order valence-corrected chi connectivity index (χ1v) is 8.44. The fourth-order valence-corrected chi connectivity index (χ4v) is 4.43. The highest BCUT2D eigenvalue weighted by molar-refractivity contribution is 7.89. The molecule has 0 radical (unpaired) electrons. The molecule has 1 atom stereocenters. The second-order valence-corrected chi connectivity index (χ2v) is 7.51. The molecule has 3 rings (SSSR count). The molecule has 1 aliphatic rings. The van der Waals surface area contributed by atoms with Crippen LogP contribution in [-0.2, 0) is 10.0 Å². The van der Waals surface area contributed by atoms with Crippen LogP contribution in [0, 0.1) is 0 Å². The Balaban J connectivity index is 2.02. The van der Waals surface area contributed by atoms with Crippen LogP contribution in [0.5, 0.6) is 0 Å². The van der Waals surface area contributed by atoms with Crippen molar-refractivity contribution in [3.05, 3.63) is 36.5 Å². The van der Waals surface area contributed by atoms with Crippen LogP contribution in [0.25, 0.3) is 10.9 Å². The van der Waals surface area contributed by atoms with E-state index in [1.54, 1.807) is 22.6 Å². The summed E-state index contributed by atoms with van der Waals surface area (Å²) in [5.41, 5.74) is 0.549. The molecule has 1 aromatic carbocycles. The highest BCUT2D eigenvalue weighted by Crippen LogP contribution is 2.27. The molecule has 21 heavy (non-hydrogen) atoms. The third-order valence-corrected chi connectivity index (χ3v) is 5.97. The summed E-state index contributed by atoms with van der Waals surface area (Å²) in [6, 6.07) is 9.28. The lowest BCUT2D eigenvalue weighted by atomic mass is 10.2. The first-order chi connectivity index (χ1) is 10.00. The maximum absolute atomic E-state index is 12.9. The van der Waals surface area contributed by atoms with Gasteiger partial charge in [-0.3, -0.25) is 4.98 Å².